The highest BCUT2D eigenvalue weighted by Gasteiger charge is 2.55. The van der Waals surface area contributed by atoms with Crippen molar-refractivity contribution in [2.24, 2.45) is 0 Å². The molecule has 1 saturated carbocycles. The predicted octanol–water partition coefficient (Wildman–Crippen LogP) is 5.20. The first-order chi connectivity index (χ1) is 14.4. The van der Waals surface area contributed by atoms with Gasteiger partial charge in [-0.3, -0.25) is 0 Å². The van der Waals surface area contributed by atoms with E-state index in [9.17, 15) is 9.90 Å². The number of esters is 1. The zero-order valence-electron chi connectivity index (χ0n) is 16.7. The van der Waals surface area contributed by atoms with Crippen LogP contribution in [0.25, 0.3) is 16.7 Å². The van der Waals surface area contributed by atoms with Gasteiger partial charge in [-0.25, -0.2) is 4.79 Å². The number of aryl methyl sites for hydroxylation is 1. The van der Waals surface area contributed by atoms with E-state index in [1.807, 2.05) is 49.4 Å². The van der Waals surface area contributed by atoms with Crippen molar-refractivity contribution in [1.29, 1.82) is 0 Å². The molecule has 0 amide bonds. The fourth-order valence-corrected chi connectivity index (χ4v) is 4.84. The summed E-state index contributed by atoms with van der Waals surface area (Å²) in [6.45, 7) is 3.09. The average molecular weight is 427 g/mol. The van der Waals surface area contributed by atoms with Gasteiger partial charge in [-0.1, -0.05) is 35.9 Å². The molecule has 1 aliphatic carbocycles. The zero-order chi connectivity index (χ0) is 20.9. The van der Waals surface area contributed by atoms with Crippen LogP contribution in [0, 0.1) is 6.92 Å². The summed E-state index contributed by atoms with van der Waals surface area (Å²) in [5.74, 6) is -1.05. The molecule has 2 aromatic carbocycles. The quantitative estimate of drug-likeness (QED) is 0.669. The first-order valence-corrected chi connectivity index (χ1v) is 10.6. The average Bonchev–Trinajstić information content (AvgIpc) is 3.29. The monoisotopic (exact) mass is 426 g/mol. The molecule has 156 valence electrons. The fraction of sp³-hybridized carbons (Fsp3) is 0.375. The number of hydrogen-bond acceptors (Lipinski definition) is 5. The Bertz CT molecular complexity index is 1020. The SMILES string of the molecule is Cc1ccc(-c2ccc(Cl)cc2)cc1C1=C(O)C2(CCC3(CC2)OCCO3)OC1=O. The molecule has 2 heterocycles. The number of aliphatic hydroxyl groups excluding tert-OH is 1. The summed E-state index contributed by atoms with van der Waals surface area (Å²) in [5.41, 5.74) is 2.78. The molecule has 5 nitrogen and oxygen atoms in total. The smallest absolute Gasteiger partial charge is 0.343 e. The van der Waals surface area contributed by atoms with Gasteiger partial charge in [-0.2, -0.15) is 0 Å². The molecule has 5 rings (SSSR count). The number of carbonyl (C=O) groups is 1. The zero-order valence-corrected chi connectivity index (χ0v) is 17.5. The predicted molar refractivity (Wildman–Crippen MR) is 113 cm³/mol. The summed E-state index contributed by atoms with van der Waals surface area (Å²) in [6.07, 6.45) is 2.12. The number of carbonyl (C=O) groups excluding carboxylic acids is 1. The minimum Gasteiger partial charge on any atom is -0.507 e. The molecule has 2 spiro atoms. The molecule has 0 atom stereocenters. The number of rotatable bonds is 2. The Morgan fingerprint density at radius 2 is 1.57 bits per heavy atom. The number of ether oxygens (including phenoxy) is 3. The summed E-state index contributed by atoms with van der Waals surface area (Å²) in [4.78, 5) is 12.9. The van der Waals surface area contributed by atoms with E-state index in [2.05, 4.69) is 0 Å². The van der Waals surface area contributed by atoms with E-state index < -0.39 is 17.4 Å². The second-order valence-corrected chi connectivity index (χ2v) is 8.69. The number of halogens is 1. The third-order valence-corrected chi connectivity index (χ3v) is 6.73. The van der Waals surface area contributed by atoms with Gasteiger partial charge < -0.3 is 19.3 Å². The number of benzene rings is 2. The topological polar surface area (TPSA) is 65.0 Å². The van der Waals surface area contributed by atoms with Crippen LogP contribution in [0.3, 0.4) is 0 Å². The third kappa shape index (κ3) is 3.13. The molecular formula is C24H23ClO5. The Kier molecular flexibility index (Phi) is 4.65. The molecule has 0 unspecified atom stereocenters. The molecule has 2 aromatic rings. The van der Waals surface area contributed by atoms with Gasteiger partial charge in [0, 0.05) is 17.9 Å². The van der Waals surface area contributed by atoms with Crippen LogP contribution in [0.4, 0.5) is 0 Å². The lowest BCUT2D eigenvalue weighted by atomic mass is 9.79. The lowest BCUT2D eigenvalue weighted by molar-refractivity contribution is -0.205. The third-order valence-electron chi connectivity index (χ3n) is 6.48. The van der Waals surface area contributed by atoms with E-state index in [0.717, 1.165) is 16.7 Å². The van der Waals surface area contributed by atoms with E-state index in [-0.39, 0.29) is 11.3 Å². The molecule has 30 heavy (non-hydrogen) atoms. The first-order valence-electron chi connectivity index (χ1n) is 10.2. The summed E-state index contributed by atoms with van der Waals surface area (Å²) in [5, 5.41) is 11.8. The maximum Gasteiger partial charge on any atom is 0.343 e. The Balaban J connectivity index is 1.51. The van der Waals surface area contributed by atoms with Gasteiger partial charge in [0.05, 0.1) is 13.2 Å². The van der Waals surface area contributed by atoms with Crippen molar-refractivity contribution in [3.8, 4) is 11.1 Å². The highest BCUT2D eigenvalue weighted by Crippen LogP contribution is 2.50. The summed E-state index contributed by atoms with van der Waals surface area (Å²) >= 11 is 6.01. The van der Waals surface area contributed by atoms with Crippen LogP contribution < -0.4 is 0 Å². The van der Waals surface area contributed by atoms with Gasteiger partial charge in [0.2, 0.25) is 0 Å². The minimum absolute atomic E-state index is 0.0247. The van der Waals surface area contributed by atoms with Gasteiger partial charge in [0.25, 0.3) is 0 Å². The van der Waals surface area contributed by atoms with E-state index in [1.54, 1.807) is 0 Å². The molecule has 2 aliphatic heterocycles. The standard InChI is InChI=1S/C24H23ClO5/c1-15-2-3-17(16-4-6-18(25)7-5-16)14-19(15)20-21(26)23(30-22(20)27)8-10-24(11-9-23)28-12-13-29-24/h2-7,14,26H,8-13H2,1H3. The second-order valence-electron chi connectivity index (χ2n) is 8.25. The first kappa shape index (κ1) is 19.6. The van der Waals surface area contributed by atoms with Gasteiger partial charge in [0.1, 0.15) is 5.57 Å². The van der Waals surface area contributed by atoms with E-state index in [4.69, 9.17) is 25.8 Å². The van der Waals surface area contributed by atoms with Crippen LogP contribution in [-0.2, 0) is 19.0 Å². The summed E-state index contributed by atoms with van der Waals surface area (Å²) < 4.78 is 17.4. The van der Waals surface area contributed by atoms with Crippen molar-refractivity contribution in [2.45, 2.75) is 44.0 Å². The molecule has 0 bridgehead atoms. The second kappa shape index (κ2) is 7.12. The van der Waals surface area contributed by atoms with Gasteiger partial charge in [-0.15, -0.1) is 0 Å². The molecule has 1 N–H and O–H groups in total. The lowest BCUT2D eigenvalue weighted by Gasteiger charge is -2.40. The van der Waals surface area contributed by atoms with E-state index in [1.165, 1.54) is 0 Å². The van der Waals surface area contributed by atoms with Crippen LogP contribution in [0.15, 0.2) is 48.2 Å². The van der Waals surface area contributed by atoms with Crippen LogP contribution >= 0.6 is 11.6 Å². The van der Waals surface area contributed by atoms with Crippen molar-refractivity contribution >= 4 is 23.1 Å². The molecule has 1 saturated heterocycles. The van der Waals surface area contributed by atoms with Crippen molar-refractivity contribution in [2.75, 3.05) is 13.2 Å². The fourth-order valence-electron chi connectivity index (χ4n) is 4.71. The molecule has 0 aromatic heterocycles. The van der Waals surface area contributed by atoms with Crippen LogP contribution in [0.2, 0.25) is 5.02 Å². The Morgan fingerprint density at radius 3 is 2.23 bits per heavy atom. The van der Waals surface area contributed by atoms with Crippen LogP contribution in [-0.4, -0.2) is 35.7 Å². The van der Waals surface area contributed by atoms with Crippen molar-refractivity contribution in [1.82, 2.24) is 0 Å². The highest BCUT2D eigenvalue weighted by atomic mass is 35.5. The Hall–Kier alpha value is -2.34. The Labute approximate surface area is 180 Å². The summed E-state index contributed by atoms with van der Waals surface area (Å²) in [7, 11) is 0. The maximum absolute atomic E-state index is 12.9. The van der Waals surface area contributed by atoms with Crippen molar-refractivity contribution in [3.05, 3.63) is 64.4 Å². The van der Waals surface area contributed by atoms with Crippen LogP contribution in [0.5, 0.6) is 0 Å². The van der Waals surface area contributed by atoms with E-state index in [0.29, 0.717) is 49.5 Å². The molecule has 3 aliphatic rings. The Morgan fingerprint density at radius 1 is 0.933 bits per heavy atom. The largest absolute Gasteiger partial charge is 0.507 e. The number of hydrogen-bond donors (Lipinski definition) is 1. The number of aliphatic hydroxyl groups is 1. The molecular weight excluding hydrogens is 404 g/mol. The minimum atomic E-state index is -0.990. The molecule has 6 heteroatoms. The van der Waals surface area contributed by atoms with Crippen molar-refractivity contribution in [3.63, 3.8) is 0 Å². The van der Waals surface area contributed by atoms with Crippen molar-refractivity contribution < 1.29 is 24.1 Å². The van der Waals surface area contributed by atoms with Gasteiger partial charge in [-0.05, 0) is 60.2 Å². The maximum atomic E-state index is 12.9. The molecule has 2 fully saturated rings. The lowest BCUT2D eigenvalue weighted by Crippen LogP contribution is -2.45. The van der Waals surface area contributed by atoms with E-state index >= 15 is 0 Å². The van der Waals surface area contributed by atoms with Crippen LogP contribution in [0.1, 0.15) is 36.8 Å². The normalized spacial score (nSPS) is 22.1. The highest BCUT2D eigenvalue weighted by molar-refractivity contribution is 6.30. The molecule has 0 radical (unpaired) electrons. The van der Waals surface area contributed by atoms with Gasteiger partial charge in [0.15, 0.2) is 17.1 Å². The summed E-state index contributed by atoms with van der Waals surface area (Å²) in [6, 6.07) is 13.4. The van der Waals surface area contributed by atoms with Gasteiger partial charge >= 0.3 is 5.97 Å².